The maximum atomic E-state index is 6.43. The minimum Gasteiger partial charge on any atom is -0.383 e. The van der Waals surface area contributed by atoms with Crippen LogP contribution in [-0.2, 0) is 16.0 Å². The zero-order valence-electron chi connectivity index (χ0n) is 13.1. The van der Waals surface area contributed by atoms with E-state index < -0.39 is 0 Å². The topological polar surface area (TPSA) is 33.7 Å². The van der Waals surface area contributed by atoms with Crippen molar-refractivity contribution in [3.63, 3.8) is 0 Å². The Labute approximate surface area is 132 Å². The van der Waals surface area contributed by atoms with Gasteiger partial charge in [0.1, 0.15) is 0 Å². The molecule has 118 valence electrons. The standard InChI is InChI=1S/C16H25ClN2O2/c1-16(2)12-21-9-7-19(16)14-5-4-13(15(17)10-14)11-18-6-8-20-3/h4-5,10,18H,6-9,11-12H2,1-3H3. The lowest BCUT2D eigenvalue weighted by Crippen LogP contribution is -2.53. The average molecular weight is 313 g/mol. The molecule has 0 aliphatic carbocycles. The number of rotatable bonds is 6. The Morgan fingerprint density at radius 1 is 1.43 bits per heavy atom. The first kappa shape index (κ1) is 16.6. The molecule has 1 aromatic rings. The molecular weight excluding hydrogens is 288 g/mol. The summed E-state index contributed by atoms with van der Waals surface area (Å²) in [5.74, 6) is 0. The van der Waals surface area contributed by atoms with Gasteiger partial charge in [0.15, 0.2) is 0 Å². The van der Waals surface area contributed by atoms with Crippen LogP contribution in [0.2, 0.25) is 5.02 Å². The van der Waals surface area contributed by atoms with Gasteiger partial charge in [-0.25, -0.2) is 0 Å². The predicted octanol–water partition coefficient (Wildman–Crippen LogP) is 2.69. The van der Waals surface area contributed by atoms with E-state index in [4.69, 9.17) is 21.1 Å². The first-order valence-electron chi connectivity index (χ1n) is 7.38. The fourth-order valence-electron chi connectivity index (χ4n) is 2.58. The minimum absolute atomic E-state index is 0.000188. The summed E-state index contributed by atoms with van der Waals surface area (Å²) in [5.41, 5.74) is 2.27. The van der Waals surface area contributed by atoms with Crippen molar-refractivity contribution in [2.75, 3.05) is 44.9 Å². The molecule has 0 bridgehead atoms. The second kappa shape index (κ2) is 7.45. The van der Waals surface area contributed by atoms with Crippen LogP contribution < -0.4 is 10.2 Å². The molecule has 5 heteroatoms. The van der Waals surface area contributed by atoms with Gasteiger partial charge < -0.3 is 19.7 Å². The maximum absolute atomic E-state index is 6.43. The van der Waals surface area contributed by atoms with Crippen LogP contribution in [0.4, 0.5) is 5.69 Å². The number of morpholine rings is 1. The molecule has 0 atom stereocenters. The first-order valence-corrected chi connectivity index (χ1v) is 7.76. The molecule has 0 saturated carbocycles. The van der Waals surface area contributed by atoms with Crippen molar-refractivity contribution in [2.24, 2.45) is 0 Å². The van der Waals surface area contributed by atoms with Crippen LogP contribution in [0.5, 0.6) is 0 Å². The summed E-state index contributed by atoms with van der Waals surface area (Å²) in [6.45, 7) is 9.08. The number of hydrogen-bond acceptors (Lipinski definition) is 4. The Morgan fingerprint density at radius 3 is 2.90 bits per heavy atom. The van der Waals surface area contributed by atoms with Gasteiger partial charge in [0.05, 0.1) is 25.4 Å². The number of hydrogen-bond donors (Lipinski definition) is 1. The normalized spacial score (nSPS) is 18.0. The minimum atomic E-state index is -0.000188. The summed E-state index contributed by atoms with van der Waals surface area (Å²) in [6.07, 6.45) is 0. The molecule has 0 radical (unpaired) electrons. The molecule has 21 heavy (non-hydrogen) atoms. The summed E-state index contributed by atoms with van der Waals surface area (Å²) < 4.78 is 10.6. The van der Waals surface area contributed by atoms with Crippen LogP contribution >= 0.6 is 11.6 Å². The molecule has 2 rings (SSSR count). The smallest absolute Gasteiger partial charge is 0.0694 e. The van der Waals surface area contributed by atoms with Gasteiger partial charge in [-0.3, -0.25) is 0 Å². The SMILES string of the molecule is COCCNCc1ccc(N2CCOCC2(C)C)cc1Cl. The highest BCUT2D eigenvalue weighted by Gasteiger charge is 2.30. The highest BCUT2D eigenvalue weighted by atomic mass is 35.5. The van der Waals surface area contributed by atoms with E-state index in [1.807, 2.05) is 0 Å². The monoisotopic (exact) mass is 312 g/mol. The molecule has 1 heterocycles. The van der Waals surface area contributed by atoms with Gasteiger partial charge in [-0.05, 0) is 31.5 Å². The Bertz CT molecular complexity index is 466. The van der Waals surface area contributed by atoms with E-state index in [1.165, 1.54) is 0 Å². The molecule has 1 aliphatic heterocycles. The Hall–Kier alpha value is -0.810. The van der Waals surface area contributed by atoms with Gasteiger partial charge >= 0.3 is 0 Å². The van der Waals surface area contributed by atoms with Crippen molar-refractivity contribution in [2.45, 2.75) is 25.9 Å². The Balaban J connectivity index is 2.04. The predicted molar refractivity (Wildman–Crippen MR) is 87.3 cm³/mol. The van der Waals surface area contributed by atoms with Crippen molar-refractivity contribution in [3.05, 3.63) is 28.8 Å². The van der Waals surface area contributed by atoms with Gasteiger partial charge in [0, 0.05) is 37.5 Å². The van der Waals surface area contributed by atoms with Crippen LogP contribution in [0.3, 0.4) is 0 Å². The summed E-state index contributed by atoms with van der Waals surface area (Å²) in [6, 6.07) is 6.30. The van der Waals surface area contributed by atoms with E-state index in [2.05, 4.69) is 42.3 Å². The first-order chi connectivity index (χ1) is 10.0. The van der Waals surface area contributed by atoms with Crippen LogP contribution in [-0.4, -0.2) is 45.6 Å². The van der Waals surface area contributed by atoms with Crippen LogP contribution in [0, 0.1) is 0 Å². The molecule has 1 saturated heterocycles. The Morgan fingerprint density at radius 2 is 2.24 bits per heavy atom. The second-order valence-electron chi connectivity index (χ2n) is 5.96. The molecule has 1 N–H and O–H groups in total. The highest BCUT2D eigenvalue weighted by Crippen LogP contribution is 2.30. The molecule has 0 amide bonds. The lowest BCUT2D eigenvalue weighted by Gasteiger charge is -2.44. The van der Waals surface area contributed by atoms with Gasteiger partial charge in [-0.15, -0.1) is 0 Å². The molecule has 0 aromatic heterocycles. The zero-order valence-corrected chi connectivity index (χ0v) is 13.9. The van der Waals surface area contributed by atoms with Crippen molar-refractivity contribution in [1.82, 2.24) is 5.32 Å². The van der Waals surface area contributed by atoms with Gasteiger partial charge in [-0.2, -0.15) is 0 Å². The average Bonchev–Trinajstić information content (AvgIpc) is 2.44. The highest BCUT2D eigenvalue weighted by molar-refractivity contribution is 6.31. The number of nitrogens with zero attached hydrogens (tertiary/aromatic N) is 1. The van der Waals surface area contributed by atoms with E-state index in [-0.39, 0.29) is 5.54 Å². The third-order valence-corrected chi connectivity index (χ3v) is 4.14. The van der Waals surface area contributed by atoms with Gasteiger partial charge in [0.2, 0.25) is 0 Å². The summed E-state index contributed by atoms with van der Waals surface area (Å²) in [7, 11) is 1.70. The summed E-state index contributed by atoms with van der Waals surface area (Å²) in [5, 5.41) is 4.12. The van der Waals surface area contributed by atoms with Crippen LogP contribution in [0.25, 0.3) is 0 Å². The number of ether oxygens (including phenoxy) is 2. The van der Waals surface area contributed by atoms with E-state index in [0.29, 0.717) is 6.61 Å². The van der Waals surface area contributed by atoms with Crippen molar-refractivity contribution in [3.8, 4) is 0 Å². The summed E-state index contributed by atoms with van der Waals surface area (Å²) in [4.78, 5) is 2.37. The number of halogens is 1. The molecule has 1 aromatic carbocycles. The molecular formula is C16H25ClN2O2. The molecule has 0 unspecified atom stereocenters. The fraction of sp³-hybridized carbons (Fsp3) is 0.625. The molecule has 0 spiro atoms. The number of anilines is 1. The third-order valence-electron chi connectivity index (χ3n) is 3.79. The van der Waals surface area contributed by atoms with E-state index in [9.17, 15) is 0 Å². The third kappa shape index (κ3) is 4.33. The number of benzene rings is 1. The van der Waals surface area contributed by atoms with Crippen LogP contribution in [0.1, 0.15) is 19.4 Å². The van der Waals surface area contributed by atoms with E-state index >= 15 is 0 Å². The number of methoxy groups -OCH3 is 1. The zero-order chi connectivity index (χ0) is 15.3. The largest absolute Gasteiger partial charge is 0.383 e. The van der Waals surface area contributed by atoms with Crippen molar-refractivity contribution >= 4 is 17.3 Å². The van der Waals surface area contributed by atoms with Gasteiger partial charge in [0.25, 0.3) is 0 Å². The number of nitrogens with one attached hydrogen (secondary N) is 1. The molecule has 4 nitrogen and oxygen atoms in total. The molecule has 1 aliphatic rings. The fourth-order valence-corrected chi connectivity index (χ4v) is 2.82. The summed E-state index contributed by atoms with van der Waals surface area (Å²) >= 11 is 6.43. The van der Waals surface area contributed by atoms with E-state index in [1.54, 1.807) is 7.11 Å². The van der Waals surface area contributed by atoms with Crippen molar-refractivity contribution < 1.29 is 9.47 Å². The lowest BCUT2D eigenvalue weighted by atomic mass is 10.0. The van der Waals surface area contributed by atoms with Crippen LogP contribution in [0.15, 0.2) is 18.2 Å². The van der Waals surface area contributed by atoms with E-state index in [0.717, 1.165) is 49.1 Å². The van der Waals surface area contributed by atoms with Gasteiger partial charge in [-0.1, -0.05) is 17.7 Å². The lowest BCUT2D eigenvalue weighted by molar-refractivity contribution is 0.0644. The Kier molecular flexibility index (Phi) is 5.88. The second-order valence-corrected chi connectivity index (χ2v) is 6.37. The quantitative estimate of drug-likeness (QED) is 0.819. The maximum Gasteiger partial charge on any atom is 0.0694 e. The van der Waals surface area contributed by atoms with Crippen molar-refractivity contribution in [1.29, 1.82) is 0 Å². The molecule has 1 fully saturated rings.